The van der Waals surface area contributed by atoms with E-state index in [1.54, 1.807) is 49.5 Å². The van der Waals surface area contributed by atoms with Gasteiger partial charge in [-0.1, -0.05) is 6.07 Å². The van der Waals surface area contributed by atoms with Gasteiger partial charge in [-0.15, -0.1) is 0 Å². The first-order valence-corrected chi connectivity index (χ1v) is 11.9. The molecular formula is C26H33N3O6. The minimum atomic E-state index is -0.292. The van der Waals surface area contributed by atoms with Gasteiger partial charge in [0.05, 0.1) is 25.7 Å². The number of hydrogen-bond acceptors (Lipinski definition) is 7. The van der Waals surface area contributed by atoms with Gasteiger partial charge in [0.2, 0.25) is 5.91 Å². The molecule has 1 saturated heterocycles. The lowest BCUT2D eigenvalue weighted by molar-refractivity contribution is -0.151. The van der Waals surface area contributed by atoms with E-state index in [0.29, 0.717) is 62.8 Å². The lowest BCUT2D eigenvalue weighted by Crippen LogP contribution is -2.45. The van der Waals surface area contributed by atoms with Crippen LogP contribution < -0.4 is 9.47 Å². The lowest BCUT2D eigenvalue weighted by atomic mass is 9.97. The van der Waals surface area contributed by atoms with E-state index < -0.39 is 0 Å². The summed E-state index contributed by atoms with van der Waals surface area (Å²) in [6.07, 6.45) is 4.56. The molecule has 0 saturated carbocycles. The minimum Gasteiger partial charge on any atom is -0.490 e. The van der Waals surface area contributed by atoms with Crippen LogP contribution in [0.2, 0.25) is 0 Å². The van der Waals surface area contributed by atoms with Crippen LogP contribution in [0.15, 0.2) is 42.7 Å². The summed E-state index contributed by atoms with van der Waals surface area (Å²) in [6, 6.07) is 8.75. The molecule has 0 N–H and O–H groups in total. The first-order valence-electron chi connectivity index (χ1n) is 11.9. The van der Waals surface area contributed by atoms with E-state index in [9.17, 15) is 14.4 Å². The number of carbonyl (C=O) groups excluding carboxylic acids is 3. The smallest absolute Gasteiger partial charge is 0.309 e. The van der Waals surface area contributed by atoms with E-state index in [0.717, 1.165) is 5.56 Å². The number of nitrogens with zero attached hydrogens (tertiary/aromatic N) is 3. The van der Waals surface area contributed by atoms with Crippen LogP contribution in [0.5, 0.6) is 11.5 Å². The maximum atomic E-state index is 13.0. The second-order valence-electron chi connectivity index (χ2n) is 8.31. The number of hydrogen-bond donors (Lipinski definition) is 0. The Balaban J connectivity index is 1.58. The molecule has 35 heavy (non-hydrogen) atoms. The molecule has 0 aliphatic carbocycles. The zero-order chi connectivity index (χ0) is 25.2. The summed E-state index contributed by atoms with van der Waals surface area (Å²) >= 11 is 0. The van der Waals surface area contributed by atoms with Crippen molar-refractivity contribution in [2.75, 3.05) is 39.9 Å². The number of aromatic nitrogens is 1. The summed E-state index contributed by atoms with van der Waals surface area (Å²) in [7, 11) is 1.60. The molecule has 3 rings (SSSR count). The first kappa shape index (κ1) is 26.0. The molecule has 2 aromatic rings. The molecule has 1 fully saturated rings. The predicted molar refractivity (Wildman–Crippen MR) is 129 cm³/mol. The number of rotatable bonds is 10. The van der Waals surface area contributed by atoms with Crippen LogP contribution >= 0.6 is 0 Å². The van der Waals surface area contributed by atoms with Crippen molar-refractivity contribution in [3.63, 3.8) is 0 Å². The van der Waals surface area contributed by atoms with Crippen LogP contribution in [0.4, 0.5) is 0 Å². The number of piperidine rings is 1. The van der Waals surface area contributed by atoms with Crippen molar-refractivity contribution in [2.45, 2.75) is 33.3 Å². The van der Waals surface area contributed by atoms with Crippen molar-refractivity contribution in [2.24, 2.45) is 5.92 Å². The van der Waals surface area contributed by atoms with Crippen LogP contribution in [0, 0.1) is 5.92 Å². The van der Waals surface area contributed by atoms with Gasteiger partial charge in [0.1, 0.15) is 6.61 Å². The molecule has 9 heteroatoms. The van der Waals surface area contributed by atoms with E-state index in [1.807, 2.05) is 19.1 Å². The van der Waals surface area contributed by atoms with Crippen molar-refractivity contribution < 1.29 is 28.6 Å². The Bertz CT molecular complexity index is 1010. The number of likely N-dealkylation sites (tertiary alicyclic amines) is 1. The Morgan fingerprint density at radius 3 is 2.49 bits per heavy atom. The van der Waals surface area contributed by atoms with Crippen LogP contribution in [-0.4, -0.2) is 72.5 Å². The summed E-state index contributed by atoms with van der Waals surface area (Å²) < 4.78 is 16.6. The topological polar surface area (TPSA) is 98.3 Å². The maximum Gasteiger partial charge on any atom is 0.309 e. The number of likely N-dealkylation sites (N-methyl/N-ethyl adjacent to an activating group) is 1. The second kappa shape index (κ2) is 12.7. The average Bonchev–Trinajstić information content (AvgIpc) is 2.88. The summed E-state index contributed by atoms with van der Waals surface area (Å²) in [5.41, 5.74) is 1.32. The van der Waals surface area contributed by atoms with Gasteiger partial charge in [0.25, 0.3) is 5.91 Å². The third-order valence-electron chi connectivity index (χ3n) is 5.79. The largest absolute Gasteiger partial charge is 0.490 e. The van der Waals surface area contributed by atoms with Crippen LogP contribution in [0.1, 0.15) is 42.6 Å². The highest BCUT2D eigenvalue weighted by Crippen LogP contribution is 2.30. The van der Waals surface area contributed by atoms with Crippen molar-refractivity contribution >= 4 is 17.8 Å². The highest BCUT2D eigenvalue weighted by molar-refractivity contribution is 5.97. The minimum absolute atomic E-state index is 0.0495. The van der Waals surface area contributed by atoms with Gasteiger partial charge in [-0.25, -0.2) is 0 Å². The van der Waals surface area contributed by atoms with E-state index in [-0.39, 0.29) is 30.2 Å². The molecule has 9 nitrogen and oxygen atoms in total. The van der Waals surface area contributed by atoms with Crippen LogP contribution in [-0.2, 0) is 20.9 Å². The van der Waals surface area contributed by atoms with Gasteiger partial charge >= 0.3 is 5.97 Å². The molecule has 0 spiro atoms. The summed E-state index contributed by atoms with van der Waals surface area (Å²) in [5, 5.41) is 0. The molecule has 1 aromatic carbocycles. The van der Waals surface area contributed by atoms with Gasteiger partial charge in [-0.2, -0.15) is 0 Å². The van der Waals surface area contributed by atoms with Crippen molar-refractivity contribution in [3.05, 3.63) is 53.9 Å². The van der Waals surface area contributed by atoms with Gasteiger partial charge in [-0.3, -0.25) is 19.4 Å². The fourth-order valence-electron chi connectivity index (χ4n) is 3.89. The molecule has 0 unspecified atom stereocenters. The number of ether oxygens (including phenoxy) is 3. The molecule has 1 aliphatic rings. The Labute approximate surface area is 206 Å². The van der Waals surface area contributed by atoms with Crippen molar-refractivity contribution in [1.82, 2.24) is 14.8 Å². The predicted octanol–water partition coefficient (Wildman–Crippen LogP) is 2.93. The third-order valence-corrected chi connectivity index (χ3v) is 5.79. The number of carbonyl (C=O) groups is 3. The Hall–Kier alpha value is -3.62. The summed E-state index contributed by atoms with van der Waals surface area (Å²) in [5.74, 6) is 0.168. The number of amides is 2. The number of esters is 1. The van der Waals surface area contributed by atoms with E-state index in [4.69, 9.17) is 14.2 Å². The first-order chi connectivity index (χ1) is 16.9. The fraction of sp³-hybridized carbons (Fsp3) is 0.462. The number of benzene rings is 1. The molecule has 0 bridgehead atoms. The Morgan fingerprint density at radius 1 is 1.06 bits per heavy atom. The van der Waals surface area contributed by atoms with Gasteiger partial charge in [-0.05, 0) is 51.0 Å². The summed E-state index contributed by atoms with van der Waals surface area (Å²) in [6.45, 7) is 5.63. The average molecular weight is 484 g/mol. The standard InChI is InChI=1S/C26H33N3O6/c1-4-33-23-15-21(8-9-22(23)35-18-19-7-6-12-27-16-19)25(31)28(3)17-24(30)29-13-10-20(11-14-29)26(32)34-5-2/h6-9,12,15-16,20H,4-5,10-11,13-14,17-18H2,1-3H3. The molecule has 1 aliphatic heterocycles. The van der Waals surface area contributed by atoms with Crippen molar-refractivity contribution in [1.29, 1.82) is 0 Å². The number of pyridine rings is 1. The quantitative estimate of drug-likeness (QED) is 0.479. The highest BCUT2D eigenvalue weighted by Gasteiger charge is 2.29. The third kappa shape index (κ3) is 7.18. The van der Waals surface area contributed by atoms with Gasteiger partial charge < -0.3 is 24.0 Å². The SMILES string of the molecule is CCOC(=O)C1CCN(C(=O)CN(C)C(=O)c2ccc(OCc3cccnc3)c(OCC)c2)CC1. The Morgan fingerprint density at radius 2 is 1.83 bits per heavy atom. The molecule has 0 atom stereocenters. The lowest BCUT2D eigenvalue weighted by Gasteiger charge is -2.32. The molecule has 2 heterocycles. The zero-order valence-corrected chi connectivity index (χ0v) is 20.6. The summed E-state index contributed by atoms with van der Waals surface area (Å²) in [4.78, 5) is 44.8. The molecule has 2 amide bonds. The van der Waals surface area contributed by atoms with Gasteiger partial charge in [0.15, 0.2) is 11.5 Å². The monoisotopic (exact) mass is 483 g/mol. The normalized spacial score (nSPS) is 13.7. The second-order valence-corrected chi connectivity index (χ2v) is 8.31. The maximum absolute atomic E-state index is 13.0. The van der Waals surface area contributed by atoms with Gasteiger partial charge in [0, 0.05) is 43.7 Å². The zero-order valence-electron chi connectivity index (χ0n) is 20.6. The molecule has 188 valence electrons. The van der Waals surface area contributed by atoms with Crippen LogP contribution in [0.25, 0.3) is 0 Å². The van der Waals surface area contributed by atoms with E-state index >= 15 is 0 Å². The fourth-order valence-corrected chi connectivity index (χ4v) is 3.89. The molecule has 1 aromatic heterocycles. The highest BCUT2D eigenvalue weighted by atomic mass is 16.5. The Kier molecular flexibility index (Phi) is 9.46. The van der Waals surface area contributed by atoms with E-state index in [2.05, 4.69) is 4.98 Å². The van der Waals surface area contributed by atoms with Crippen LogP contribution in [0.3, 0.4) is 0 Å². The molecular weight excluding hydrogens is 450 g/mol. The molecule has 0 radical (unpaired) electrons. The van der Waals surface area contributed by atoms with Crippen molar-refractivity contribution in [3.8, 4) is 11.5 Å². The van der Waals surface area contributed by atoms with E-state index in [1.165, 1.54) is 4.90 Å².